The van der Waals surface area contributed by atoms with Crippen molar-refractivity contribution in [2.45, 2.75) is 32.1 Å². The predicted octanol–water partition coefficient (Wildman–Crippen LogP) is 5.17. The van der Waals surface area contributed by atoms with E-state index < -0.39 is 4.92 Å². The zero-order valence-electron chi connectivity index (χ0n) is 21.2. The first-order valence-corrected chi connectivity index (χ1v) is 13.0. The molecule has 0 atom stereocenters. The van der Waals surface area contributed by atoms with Gasteiger partial charge in [0.05, 0.1) is 17.1 Å². The maximum Gasteiger partial charge on any atom is 0.289 e. The van der Waals surface area contributed by atoms with Crippen LogP contribution in [0.4, 0.5) is 5.69 Å². The molecule has 5 rings (SSSR count). The van der Waals surface area contributed by atoms with Crippen molar-refractivity contribution in [3.8, 4) is 17.1 Å². The number of ether oxygens (including phenoxy) is 1. The summed E-state index contributed by atoms with van der Waals surface area (Å²) in [6.45, 7) is 3.16. The van der Waals surface area contributed by atoms with Crippen molar-refractivity contribution in [2.24, 2.45) is 5.41 Å². The summed E-state index contributed by atoms with van der Waals surface area (Å²) < 4.78 is 11.5. The molecule has 9 nitrogen and oxygen atoms in total. The number of piperidine rings is 1. The Morgan fingerprint density at radius 1 is 0.921 bits per heavy atom. The molecule has 9 heteroatoms. The fraction of sp³-hybridized carbons (Fsp3) is 0.379. The van der Waals surface area contributed by atoms with Crippen LogP contribution in [0.1, 0.15) is 42.7 Å². The molecule has 38 heavy (non-hydrogen) atoms. The van der Waals surface area contributed by atoms with Gasteiger partial charge in [0.2, 0.25) is 5.91 Å². The maximum atomic E-state index is 13.2. The lowest BCUT2D eigenvalue weighted by molar-refractivity contribution is -0.384. The largest absolute Gasteiger partial charge is 0.494 e. The molecule has 0 unspecified atom stereocenters. The molecule has 2 aliphatic rings. The van der Waals surface area contributed by atoms with Crippen LogP contribution in [0.15, 0.2) is 71.1 Å². The second kappa shape index (κ2) is 11.1. The lowest BCUT2D eigenvalue weighted by Gasteiger charge is -2.39. The fourth-order valence-electron chi connectivity index (χ4n) is 5.43. The van der Waals surface area contributed by atoms with Gasteiger partial charge < -0.3 is 19.0 Å². The zero-order chi connectivity index (χ0) is 26.5. The van der Waals surface area contributed by atoms with E-state index in [1.165, 1.54) is 6.07 Å². The average Bonchev–Trinajstić information content (AvgIpc) is 3.60. The molecular weight excluding hydrogens is 486 g/mol. The number of carbonyl (C=O) groups excluding carboxylic acids is 2. The van der Waals surface area contributed by atoms with Crippen LogP contribution in [-0.4, -0.2) is 59.3 Å². The van der Waals surface area contributed by atoms with E-state index in [0.29, 0.717) is 57.0 Å². The van der Waals surface area contributed by atoms with E-state index in [2.05, 4.69) is 0 Å². The standard InChI is InChI=1S/C29H31N3O6/c33-27(11-6-20-37-22-7-2-1-3-8-22)30-17-14-29(15-18-30)16-19-31(21-29)28(34)26-13-12-25(38-26)23-9-4-5-10-24(23)32(35)36/h1-5,7-10,12-13H,6,11,14-21H2. The van der Waals surface area contributed by atoms with Gasteiger partial charge in [0, 0.05) is 38.7 Å². The van der Waals surface area contributed by atoms with Crippen LogP contribution in [0.25, 0.3) is 11.3 Å². The summed E-state index contributed by atoms with van der Waals surface area (Å²) in [5.41, 5.74) is 0.292. The normalized spacial score (nSPS) is 16.5. The molecule has 2 aromatic carbocycles. The molecule has 1 aromatic heterocycles. The van der Waals surface area contributed by atoms with E-state index in [1.807, 2.05) is 35.2 Å². The van der Waals surface area contributed by atoms with Gasteiger partial charge in [-0.2, -0.15) is 0 Å². The highest BCUT2D eigenvalue weighted by atomic mass is 16.6. The molecule has 2 aliphatic heterocycles. The lowest BCUT2D eigenvalue weighted by atomic mass is 9.77. The van der Waals surface area contributed by atoms with Crippen LogP contribution in [0, 0.1) is 15.5 Å². The summed E-state index contributed by atoms with van der Waals surface area (Å²) in [6, 6.07) is 19.1. The van der Waals surface area contributed by atoms with Crippen molar-refractivity contribution in [3.63, 3.8) is 0 Å². The Bertz CT molecular complexity index is 1300. The second-order valence-corrected chi connectivity index (χ2v) is 10.1. The first-order valence-electron chi connectivity index (χ1n) is 13.0. The summed E-state index contributed by atoms with van der Waals surface area (Å²) in [6.07, 6.45) is 3.76. The zero-order valence-corrected chi connectivity index (χ0v) is 21.2. The third-order valence-electron chi connectivity index (χ3n) is 7.63. The molecule has 3 aromatic rings. The van der Waals surface area contributed by atoms with Gasteiger partial charge in [0.1, 0.15) is 11.5 Å². The van der Waals surface area contributed by atoms with E-state index in [0.717, 1.165) is 25.0 Å². The molecule has 0 N–H and O–H groups in total. The van der Waals surface area contributed by atoms with Gasteiger partial charge in [-0.1, -0.05) is 30.3 Å². The fourth-order valence-corrected chi connectivity index (χ4v) is 5.43. The lowest BCUT2D eigenvalue weighted by Crippen LogP contribution is -2.44. The number of nitro groups is 1. The van der Waals surface area contributed by atoms with Crippen LogP contribution < -0.4 is 4.74 Å². The van der Waals surface area contributed by atoms with E-state index in [9.17, 15) is 19.7 Å². The van der Waals surface area contributed by atoms with Gasteiger partial charge in [0.25, 0.3) is 11.6 Å². The highest BCUT2D eigenvalue weighted by Gasteiger charge is 2.43. The van der Waals surface area contributed by atoms with Crippen LogP contribution in [0.2, 0.25) is 0 Å². The summed E-state index contributed by atoms with van der Waals surface area (Å²) in [5, 5.41) is 11.4. The Labute approximate surface area is 221 Å². The van der Waals surface area contributed by atoms with Gasteiger partial charge in [0.15, 0.2) is 5.76 Å². The van der Waals surface area contributed by atoms with Crippen LogP contribution in [0.5, 0.6) is 5.75 Å². The van der Waals surface area contributed by atoms with Crippen molar-refractivity contribution in [3.05, 3.63) is 82.6 Å². The van der Waals surface area contributed by atoms with Crippen LogP contribution >= 0.6 is 0 Å². The number of nitro benzene ring substituents is 1. The first-order chi connectivity index (χ1) is 18.4. The van der Waals surface area contributed by atoms with Gasteiger partial charge in [-0.05, 0) is 61.4 Å². The van der Waals surface area contributed by atoms with Gasteiger partial charge in [-0.25, -0.2) is 0 Å². The molecule has 198 valence electrons. The molecule has 2 amide bonds. The second-order valence-electron chi connectivity index (χ2n) is 10.1. The summed E-state index contributed by atoms with van der Waals surface area (Å²) in [7, 11) is 0. The van der Waals surface area contributed by atoms with Crippen LogP contribution in [0.3, 0.4) is 0 Å². The van der Waals surface area contributed by atoms with Crippen molar-refractivity contribution >= 4 is 17.5 Å². The third kappa shape index (κ3) is 5.56. The molecule has 3 heterocycles. The monoisotopic (exact) mass is 517 g/mol. The summed E-state index contributed by atoms with van der Waals surface area (Å²) >= 11 is 0. The molecule has 0 saturated carbocycles. The number of rotatable bonds is 8. The Kier molecular flexibility index (Phi) is 7.44. The number of para-hydroxylation sites is 2. The van der Waals surface area contributed by atoms with Crippen LogP contribution in [-0.2, 0) is 4.79 Å². The number of benzene rings is 2. The van der Waals surface area contributed by atoms with E-state index in [-0.39, 0.29) is 28.7 Å². The maximum absolute atomic E-state index is 13.2. The molecule has 0 bridgehead atoms. The minimum atomic E-state index is -0.459. The number of furan rings is 1. The SMILES string of the molecule is O=C(CCCOc1ccccc1)N1CCC2(CC1)CCN(C(=O)c1ccc(-c3ccccc3[N+](=O)[O-])o1)C2. The quantitative estimate of drug-likeness (QED) is 0.232. The predicted molar refractivity (Wildman–Crippen MR) is 141 cm³/mol. The Morgan fingerprint density at radius 2 is 1.61 bits per heavy atom. The highest BCUT2D eigenvalue weighted by molar-refractivity contribution is 5.92. The Hall–Kier alpha value is -4.14. The molecule has 2 fully saturated rings. The Morgan fingerprint density at radius 3 is 2.34 bits per heavy atom. The van der Waals surface area contributed by atoms with Crippen molar-refractivity contribution in [2.75, 3.05) is 32.8 Å². The summed E-state index contributed by atoms with van der Waals surface area (Å²) in [4.78, 5) is 40.5. The molecular formula is C29H31N3O6. The number of likely N-dealkylation sites (tertiary alicyclic amines) is 2. The molecule has 0 radical (unpaired) electrons. The molecule has 2 saturated heterocycles. The molecule has 0 aliphatic carbocycles. The van der Waals surface area contributed by atoms with Gasteiger partial charge in [-0.15, -0.1) is 0 Å². The first kappa shape index (κ1) is 25.5. The van der Waals surface area contributed by atoms with Gasteiger partial charge in [-0.3, -0.25) is 19.7 Å². The van der Waals surface area contributed by atoms with Crippen molar-refractivity contribution in [1.82, 2.24) is 9.80 Å². The summed E-state index contributed by atoms with van der Waals surface area (Å²) in [5.74, 6) is 1.24. The van der Waals surface area contributed by atoms with E-state index >= 15 is 0 Å². The number of hydrogen-bond donors (Lipinski definition) is 0. The minimum Gasteiger partial charge on any atom is -0.494 e. The third-order valence-corrected chi connectivity index (χ3v) is 7.63. The number of hydrogen-bond acceptors (Lipinski definition) is 6. The number of nitrogens with zero attached hydrogens (tertiary/aromatic N) is 3. The van der Waals surface area contributed by atoms with E-state index in [1.54, 1.807) is 35.2 Å². The minimum absolute atomic E-state index is 0.0104. The van der Waals surface area contributed by atoms with Crippen molar-refractivity contribution in [1.29, 1.82) is 0 Å². The number of carbonyl (C=O) groups is 2. The number of amides is 2. The van der Waals surface area contributed by atoms with Crippen molar-refractivity contribution < 1.29 is 23.7 Å². The molecule has 1 spiro atoms. The Balaban J connectivity index is 1.11. The van der Waals surface area contributed by atoms with Gasteiger partial charge >= 0.3 is 0 Å². The van der Waals surface area contributed by atoms with E-state index in [4.69, 9.17) is 9.15 Å². The average molecular weight is 518 g/mol. The topological polar surface area (TPSA) is 106 Å². The smallest absolute Gasteiger partial charge is 0.289 e. The highest BCUT2D eigenvalue weighted by Crippen LogP contribution is 2.41.